The summed E-state index contributed by atoms with van der Waals surface area (Å²) in [5, 5.41) is 31.5. The van der Waals surface area contributed by atoms with Crippen LogP contribution in [-0.2, 0) is 20.6 Å². The van der Waals surface area contributed by atoms with Crippen LogP contribution in [0.5, 0.6) is 0 Å². The monoisotopic (exact) mass is 439 g/mol. The Kier molecular flexibility index (Phi) is 6.57. The summed E-state index contributed by atoms with van der Waals surface area (Å²) < 4.78 is 17.7. The second-order valence-electron chi connectivity index (χ2n) is 6.26. The average Bonchev–Trinajstić information content (AvgIpc) is 3.07. The van der Waals surface area contributed by atoms with Crippen LogP contribution in [0.1, 0.15) is 11.8 Å². The summed E-state index contributed by atoms with van der Waals surface area (Å²) >= 11 is 19.0. The minimum Gasteiger partial charge on any atom is -0.394 e. The third-order valence-electron chi connectivity index (χ3n) is 4.75. The van der Waals surface area contributed by atoms with E-state index >= 15 is 0 Å². The zero-order valence-electron chi connectivity index (χ0n) is 14.6. The van der Waals surface area contributed by atoms with Crippen molar-refractivity contribution in [3.8, 4) is 0 Å². The summed E-state index contributed by atoms with van der Waals surface area (Å²) in [6, 6.07) is 3.28. The molecule has 1 fully saturated rings. The number of hydrogen-bond acceptors (Lipinski definition) is 6. The summed E-state index contributed by atoms with van der Waals surface area (Å²) in [4.78, 5) is 0. The van der Waals surface area contributed by atoms with E-state index in [1.807, 2.05) is 0 Å². The highest BCUT2D eigenvalue weighted by Crippen LogP contribution is 2.41. The molecule has 0 radical (unpaired) electrons. The molecule has 27 heavy (non-hydrogen) atoms. The van der Waals surface area contributed by atoms with E-state index in [9.17, 15) is 15.3 Å². The van der Waals surface area contributed by atoms with Gasteiger partial charge in [0.25, 0.3) is 0 Å². The summed E-state index contributed by atoms with van der Waals surface area (Å²) in [5.41, 5.74) is 1.22. The molecular weight excluding hydrogens is 421 g/mol. The van der Waals surface area contributed by atoms with Crippen LogP contribution < -0.4 is 0 Å². The molecule has 7 nitrogen and oxygen atoms in total. The highest BCUT2D eigenvalue weighted by Gasteiger charge is 2.44. The van der Waals surface area contributed by atoms with Crippen LogP contribution >= 0.6 is 34.8 Å². The molecule has 3 rings (SSSR count). The smallest absolute Gasteiger partial charge is 0.164 e. The molecule has 1 aliphatic heterocycles. The largest absolute Gasteiger partial charge is 0.394 e. The number of rotatable bonds is 6. The van der Waals surface area contributed by atoms with Crippen molar-refractivity contribution >= 4 is 45.7 Å². The van der Waals surface area contributed by atoms with E-state index in [0.29, 0.717) is 32.9 Å². The number of ether oxygens (including phenoxy) is 3. The van der Waals surface area contributed by atoms with Gasteiger partial charge in [-0.2, -0.15) is 0 Å². The van der Waals surface area contributed by atoms with Gasteiger partial charge in [-0.15, -0.1) is 0 Å². The molecule has 0 amide bonds. The van der Waals surface area contributed by atoms with Gasteiger partial charge in [0.15, 0.2) is 12.5 Å². The Hall–Kier alpha value is -0.610. The molecule has 0 aliphatic carbocycles. The van der Waals surface area contributed by atoms with Gasteiger partial charge < -0.3 is 34.1 Å². The van der Waals surface area contributed by atoms with Gasteiger partial charge in [-0.05, 0) is 12.1 Å². The third kappa shape index (κ3) is 3.69. The number of benzene rings is 1. The molecule has 150 valence electrons. The molecule has 0 spiro atoms. The number of halogens is 3. The lowest BCUT2D eigenvalue weighted by Crippen LogP contribution is -2.33. The first-order valence-electron chi connectivity index (χ1n) is 8.19. The number of nitrogens with zero attached hydrogens (tertiary/aromatic N) is 1. The molecule has 10 heteroatoms. The van der Waals surface area contributed by atoms with Crippen molar-refractivity contribution in [3.05, 3.63) is 32.9 Å². The lowest BCUT2D eigenvalue weighted by atomic mass is 10.1. The predicted octanol–water partition coefficient (Wildman–Crippen LogP) is 2.37. The SMILES string of the molecule is COC(Cc1c(Cl)n([C@@H]2O[C@H](CO)C(O)C2O)c2cc(Cl)c(Cl)cc12)OC. The van der Waals surface area contributed by atoms with Gasteiger partial charge in [-0.1, -0.05) is 34.8 Å². The summed E-state index contributed by atoms with van der Waals surface area (Å²) in [6.45, 7) is -0.444. The molecular formula is C17H20Cl3NO6. The van der Waals surface area contributed by atoms with Crippen LogP contribution in [-0.4, -0.2) is 65.3 Å². The molecule has 0 bridgehead atoms. The van der Waals surface area contributed by atoms with E-state index in [0.717, 1.165) is 0 Å². The number of aliphatic hydroxyl groups is 3. The average molecular weight is 441 g/mol. The zero-order valence-corrected chi connectivity index (χ0v) is 16.9. The van der Waals surface area contributed by atoms with Crippen molar-refractivity contribution in [3.63, 3.8) is 0 Å². The van der Waals surface area contributed by atoms with Crippen LogP contribution in [0.4, 0.5) is 0 Å². The predicted molar refractivity (Wildman–Crippen MR) is 101 cm³/mol. The van der Waals surface area contributed by atoms with Crippen molar-refractivity contribution in [2.45, 2.75) is 37.3 Å². The number of aliphatic hydroxyl groups excluding tert-OH is 3. The second-order valence-corrected chi connectivity index (χ2v) is 7.43. The molecule has 1 saturated heterocycles. The third-order valence-corrected chi connectivity index (χ3v) is 5.88. The van der Waals surface area contributed by atoms with Gasteiger partial charge in [-0.3, -0.25) is 0 Å². The van der Waals surface area contributed by atoms with E-state index in [1.165, 1.54) is 18.8 Å². The first-order chi connectivity index (χ1) is 12.8. The van der Waals surface area contributed by atoms with Crippen molar-refractivity contribution in [1.29, 1.82) is 0 Å². The number of methoxy groups -OCH3 is 2. The molecule has 1 aromatic carbocycles. The molecule has 0 saturated carbocycles. The molecule has 1 aliphatic rings. The second kappa shape index (κ2) is 8.41. The minimum absolute atomic E-state index is 0.261. The summed E-state index contributed by atoms with van der Waals surface area (Å²) in [6.07, 6.45) is -4.75. The van der Waals surface area contributed by atoms with E-state index < -0.39 is 37.4 Å². The van der Waals surface area contributed by atoms with Gasteiger partial charge in [-0.25, -0.2) is 0 Å². The first kappa shape index (κ1) is 21.1. The minimum atomic E-state index is -1.29. The van der Waals surface area contributed by atoms with Crippen molar-refractivity contribution in [1.82, 2.24) is 4.57 Å². The van der Waals surface area contributed by atoms with Crippen molar-refractivity contribution < 1.29 is 29.5 Å². The van der Waals surface area contributed by atoms with Crippen LogP contribution in [0, 0.1) is 0 Å². The maximum atomic E-state index is 10.4. The lowest BCUT2D eigenvalue weighted by Gasteiger charge is -2.19. The summed E-state index contributed by atoms with van der Waals surface area (Å²) in [5.74, 6) is 0. The molecule has 1 aromatic heterocycles. The Morgan fingerprint density at radius 2 is 1.74 bits per heavy atom. The normalized spacial score (nSPS) is 25.8. The van der Waals surface area contributed by atoms with E-state index in [1.54, 1.807) is 12.1 Å². The molecule has 2 heterocycles. The highest BCUT2D eigenvalue weighted by atomic mass is 35.5. The van der Waals surface area contributed by atoms with E-state index in [2.05, 4.69) is 0 Å². The molecule has 4 atom stereocenters. The van der Waals surface area contributed by atoms with Gasteiger partial charge in [0, 0.05) is 31.6 Å². The zero-order chi connectivity index (χ0) is 19.9. The fourth-order valence-electron chi connectivity index (χ4n) is 3.31. The van der Waals surface area contributed by atoms with Crippen molar-refractivity contribution in [2.75, 3.05) is 20.8 Å². The topological polar surface area (TPSA) is 93.3 Å². The number of hydrogen-bond donors (Lipinski definition) is 3. The lowest BCUT2D eigenvalue weighted by molar-refractivity contribution is -0.100. The Bertz CT molecular complexity index is 825. The molecule has 2 aromatic rings. The van der Waals surface area contributed by atoms with Gasteiger partial charge in [0.1, 0.15) is 23.5 Å². The standard InChI is InChI=1S/C17H20Cl3NO6/c1-25-13(26-2)4-8-7-3-9(18)10(19)5-11(7)21(16(8)20)17-15(24)14(23)12(6-22)27-17/h3,5,12-15,17,22-24H,4,6H2,1-2H3/t12-,14?,15?,17-/m1/s1. The summed E-state index contributed by atoms with van der Waals surface area (Å²) in [7, 11) is 3.02. The van der Waals surface area contributed by atoms with Crippen LogP contribution in [0.2, 0.25) is 15.2 Å². The number of fused-ring (bicyclic) bond motifs is 1. The van der Waals surface area contributed by atoms with Crippen LogP contribution in [0.15, 0.2) is 12.1 Å². The fraction of sp³-hybridized carbons (Fsp3) is 0.529. The fourth-order valence-corrected chi connectivity index (χ4v) is 3.99. The Labute approximate surface area is 170 Å². The van der Waals surface area contributed by atoms with Gasteiger partial charge in [0.2, 0.25) is 0 Å². The van der Waals surface area contributed by atoms with E-state index in [4.69, 9.17) is 49.0 Å². The van der Waals surface area contributed by atoms with E-state index in [-0.39, 0.29) is 5.15 Å². The molecule has 3 N–H and O–H groups in total. The quantitative estimate of drug-likeness (QED) is 0.597. The van der Waals surface area contributed by atoms with Gasteiger partial charge >= 0.3 is 0 Å². The highest BCUT2D eigenvalue weighted by molar-refractivity contribution is 6.43. The Morgan fingerprint density at radius 3 is 2.30 bits per heavy atom. The Morgan fingerprint density at radius 1 is 1.11 bits per heavy atom. The Balaban J connectivity index is 2.18. The maximum absolute atomic E-state index is 10.4. The maximum Gasteiger partial charge on any atom is 0.164 e. The van der Waals surface area contributed by atoms with Crippen LogP contribution in [0.3, 0.4) is 0 Å². The first-order valence-corrected chi connectivity index (χ1v) is 9.32. The number of aromatic nitrogens is 1. The van der Waals surface area contributed by atoms with Crippen molar-refractivity contribution in [2.24, 2.45) is 0 Å². The van der Waals surface area contributed by atoms with Crippen LogP contribution in [0.25, 0.3) is 10.9 Å². The van der Waals surface area contributed by atoms with Gasteiger partial charge in [0.05, 0.1) is 22.2 Å². The molecule has 2 unspecified atom stereocenters.